The molecule has 0 radical (unpaired) electrons. The summed E-state index contributed by atoms with van der Waals surface area (Å²) in [7, 11) is 0. The topological polar surface area (TPSA) is 46.1 Å². The molecule has 0 aromatic heterocycles. The normalized spacial score (nSPS) is 15.5. The summed E-state index contributed by atoms with van der Waals surface area (Å²) in [6, 6.07) is 7.93. The highest BCUT2D eigenvalue weighted by Gasteiger charge is 2.18. The van der Waals surface area contributed by atoms with Gasteiger partial charge in [0, 0.05) is 0 Å². The fraction of sp³-hybridized carbons (Fsp3) is 0.500. The molecule has 1 aliphatic rings. The molecule has 1 aromatic carbocycles. The van der Waals surface area contributed by atoms with E-state index < -0.39 is 0 Å². The largest absolute Gasteiger partial charge is 0.484 e. The van der Waals surface area contributed by atoms with Gasteiger partial charge in [0.1, 0.15) is 5.75 Å². The lowest BCUT2D eigenvalue weighted by atomic mass is 10.2. The van der Waals surface area contributed by atoms with Gasteiger partial charge < -0.3 is 15.0 Å². The fourth-order valence-corrected chi connectivity index (χ4v) is 2.06. The second-order valence-electron chi connectivity index (χ2n) is 4.53. The van der Waals surface area contributed by atoms with E-state index >= 15 is 0 Å². The van der Waals surface area contributed by atoms with Gasteiger partial charge in [-0.3, -0.25) is 4.79 Å². The minimum atomic E-state index is 0.0858. The van der Waals surface area contributed by atoms with Crippen molar-refractivity contribution in [2.24, 2.45) is 0 Å². The third kappa shape index (κ3) is 3.47. The maximum Gasteiger partial charge on any atom is 0.260 e. The molecule has 0 bridgehead atoms. The van der Waals surface area contributed by atoms with E-state index in [-0.39, 0.29) is 12.5 Å². The maximum absolute atomic E-state index is 11.9. The monoisotopic (exact) mass is 249 g/mol. The number of nitrogens with zero attached hydrogens (tertiary/aromatic N) is 1. The van der Waals surface area contributed by atoms with E-state index in [1.807, 2.05) is 29.2 Å². The number of rotatable bonds is 4. The first-order valence-electron chi connectivity index (χ1n) is 6.61. The summed E-state index contributed by atoms with van der Waals surface area (Å²) in [5, 5.41) is 2.23. The molecule has 4 nitrogen and oxygen atoms in total. The SMILES string of the molecule is CCc1ccc(OCC(=O)N2CC[NH2+]CC2)cc1. The third-order valence-electron chi connectivity index (χ3n) is 3.25. The number of nitrogens with two attached hydrogens (primary N) is 1. The number of carbonyl (C=O) groups is 1. The molecule has 0 atom stereocenters. The van der Waals surface area contributed by atoms with Gasteiger partial charge in [0.15, 0.2) is 6.61 Å². The van der Waals surface area contributed by atoms with Crippen molar-refractivity contribution in [3.05, 3.63) is 29.8 Å². The predicted octanol–water partition coefficient (Wildman–Crippen LogP) is 0.0334. The highest BCUT2D eigenvalue weighted by atomic mass is 16.5. The van der Waals surface area contributed by atoms with Crippen LogP contribution >= 0.6 is 0 Å². The Morgan fingerprint density at radius 3 is 2.56 bits per heavy atom. The van der Waals surface area contributed by atoms with E-state index in [0.29, 0.717) is 0 Å². The molecule has 0 unspecified atom stereocenters. The molecule has 1 aromatic rings. The van der Waals surface area contributed by atoms with Crippen molar-refractivity contribution in [3.63, 3.8) is 0 Å². The number of hydrogen-bond acceptors (Lipinski definition) is 2. The van der Waals surface area contributed by atoms with Crippen molar-refractivity contribution in [1.29, 1.82) is 0 Å². The van der Waals surface area contributed by atoms with Gasteiger partial charge >= 0.3 is 0 Å². The van der Waals surface area contributed by atoms with Crippen LogP contribution in [0.25, 0.3) is 0 Å². The summed E-state index contributed by atoms with van der Waals surface area (Å²) in [5.74, 6) is 0.854. The molecule has 0 aliphatic carbocycles. The lowest BCUT2D eigenvalue weighted by Gasteiger charge is -2.25. The van der Waals surface area contributed by atoms with Crippen molar-refractivity contribution in [3.8, 4) is 5.75 Å². The summed E-state index contributed by atoms with van der Waals surface area (Å²) in [5.41, 5.74) is 1.28. The summed E-state index contributed by atoms with van der Waals surface area (Å²) >= 11 is 0. The Labute approximate surface area is 108 Å². The van der Waals surface area contributed by atoms with Gasteiger partial charge in [0.05, 0.1) is 26.2 Å². The molecule has 2 N–H and O–H groups in total. The third-order valence-corrected chi connectivity index (χ3v) is 3.25. The van der Waals surface area contributed by atoms with E-state index in [1.165, 1.54) is 5.56 Å². The van der Waals surface area contributed by atoms with E-state index in [2.05, 4.69) is 12.2 Å². The molecule has 0 spiro atoms. The molecule has 2 rings (SSSR count). The zero-order valence-electron chi connectivity index (χ0n) is 10.9. The number of ether oxygens (including phenoxy) is 1. The van der Waals surface area contributed by atoms with Gasteiger partial charge in [-0.15, -0.1) is 0 Å². The minimum Gasteiger partial charge on any atom is -0.484 e. The molecule has 4 heteroatoms. The molecule has 0 saturated carbocycles. The molecule has 1 amide bonds. The fourth-order valence-electron chi connectivity index (χ4n) is 2.06. The zero-order chi connectivity index (χ0) is 12.8. The van der Waals surface area contributed by atoms with E-state index in [9.17, 15) is 4.79 Å². The quantitative estimate of drug-likeness (QED) is 0.818. The smallest absolute Gasteiger partial charge is 0.260 e. The van der Waals surface area contributed by atoms with Gasteiger partial charge in [-0.05, 0) is 24.1 Å². The van der Waals surface area contributed by atoms with Crippen molar-refractivity contribution in [2.45, 2.75) is 13.3 Å². The van der Waals surface area contributed by atoms with Crippen LogP contribution < -0.4 is 10.1 Å². The minimum absolute atomic E-state index is 0.0858. The van der Waals surface area contributed by atoms with E-state index in [0.717, 1.165) is 38.3 Å². The number of benzene rings is 1. The standard InChI is InChI=1S/C14H20N2O2/c1-2-12-3-5-13(6-4-12)18-11-14(17)16-9-7-15-8-10-16/h3-6,15H,2,7-11H2,1H3/p+1. The van der Waals surface area contributed by atoms with Crippen molar-refractivity contribution in [1.82, 2.24) is 4.90 Å². The molecule has 1 fully saturated rings. The Kier molecular flexibility index (Phi) is 4.59. The first kappa shape index (κ1) is 12.9. The number of hydrogen-bond donors (Lipinski definition) is 1. The molecule has 1 heterocycles. The van der Waals surface area contributed by atoms with Gasteiger partial charge in [-0.1, -0.05) is 19.1 Å². The molecule has 18 heavy (non-hydrogen) atoms. The first-order chi connectivity index (χ1) is 8.79. The average molecular weight is 249 g/mol. The van der Waals surface area contributed by atoms with E-state index in [1.54, 1.807) is 0 Å². The van der Waals surface area contributed by atoms with Gasteiger partial charge in [0.25, 0.3) is 5.91 Å². The Bertz CT molecular complexity index is 383. The molecule has 1 aliphatic heterocycles. The van der Waals surface area contributed by atoms with Crippen LogP contribution in [0.15, 0.2) is 24.3 Å². The maximum atomic E-state index is 11.9. The lowest BCUT2D eigenvalue weighted by Crippen LogP contribution is -2.90. The van der Waals surface area contributed by atoms with Crippen molar-refractivity contribution >= 4 is 5.91 Å². The number of aryl methyl sites for hydroxylation is 1. The van der Waals surface area contributed by atoms with Crippen LogP contribution in [-0.2, 0) is 11.2 Å². The van der Waals surface area contributed by atoms with Crippen LogP contribution in [0.5, 0.6) is 5.75 Å². The highest BCUT2D eigenvalue weighted by Crippen LogP contribution is 2.12. The van der Waals surface area contributed by atoms with Gasteiger partial charge in [0.2, 0.25) is 0 Å². The number of amides is 1. The van der Waals surface area contributed by atoms with Crippen LogP contribution in [0.3, 0.4) is 0 Å². The Morgan fingerprint density at radius 1 is 1.28 bits per heavy atom. The summed E-state index contributed by atoms with van der Waals surface area (Å²) in [4.78, 5) is 13.8. The van der Waals surface area contributed by atoms with Crippen LogP contribution in [0, 0.1) is 0 Å². The molecular weight excluding hydrogens is 228 g/mol. The average Bonchev–Trinajstić information content (AvgIpc) is 2.46. The van der Waals surface area contributed by atoms with Crippen LogP contribution in [0.1, 0.15) is 12.5 Å². The van der Waals surface area contributed by atoms with E-state index in [4.69, 9.17) is 4.74 Å². The molecule has 1 saturated heterocycles. The van der Waals surface area contributed by atoms with Gasteiger partial charge in [-0.25, -0.2) is 0 Å². The number of quaternary nitrogens is 1. The Morgan fingerprint density at radius 2 is 1.94 bits per heavy atom. The second-order valence-corrected chi connectivity index (χ2v) is 4.53. The highest BCUT2D eigenvalue weighted by molar-refractivity contribution is 5.77. The van der Waals surface area contributed by atoms with Crippen LogP contribution in [0.4, 0.5) is 0 Å². The van der Waals surface area contributed by atoms with Gasteiger partial charge in [-0.2, -0.15) is 0 Å². The Hall–Kier alpha value is -1.55. The van der Waals surface area contributed by atoms with Crippen LogP contribution in [0.2, 0.25) is 0 Å². The Balaban J connectivity index is 1.80. The first-order valence-corrected chi connectivity index (χ1v) is 6.61. The number of carbonyl (C=O) groups excluding carboxylic acids is 1. The predicted molar refractivity (Wildman–Crippen MR) is 69.6 cm³/mol. The number of piperazine rings is 1. The molecular formula is C14H21N2O2+. The van der Waals surface area contributed by atoms with Crippen molar-refractivity contribution in [2.75, 3.05) is 32.8 Å². The molecule has 98 valence electrons. The second kappa shape index (κ2) is 6.40. The summed E-state index contributed by atoms with van der Waals surface area (Å²) in [6.45, 7) is 5.92. The zero-order valence-corrected chi connectivity index (χ0v) is 10.9. The lowest BCUT2D eigenvalue weighted by molar-refractivity contribution is -0.662. The summed E-state index contributed by atoms with van der Waals surface area (Å²) < 4.78 is 5.52. The van der Waals surface area contributed by atoms with Crippen molar-refractivity contribution < 1.29 is 14.8 Å². The summed E-state index contributed by atoms with van der Waals surface area (Å²) in [6.07, 6.45) is 1.02. The van der Waals surface area contributed by atoms with Crippen LogP contribution in [-0.4, -0.2) is 43.6 Å².